The minimum atomic E-state index is -4.48. The van der Waals surface area contributed by atoms with E-state index in [1.54, 1.807) is 0 Å². The van der Waals surface area contributed by atoms with E-state index in [0.717, 1.165) is 0 Å². The molecular weight excluding hydrogens is 223 g/mol. The number of rotatable bonds is 1. The first-order valence-corrected chi connectivity index (χ1v) is 2.91. The second kappa shape index (κ2) is 7.03. The Bertz CT molecular complexity index is 90.8. The van der Waals surface area contributed by atoms with E-state index in [4.69, 9.17) is 5.11 Å². The fraction of sp³-hybridized carbons (Fsp3) is 1.00. The Labute approximate surface area is 92.3 Å². The summed E-state index contributed by atoms with van der Waals surface area (Å²) in [4.78, 5) is 0. The van der Waals surface area contributed by atoms with Crippen LogP contribution in [0.2, 0.25) is 0 Å². The zero-order valence-corrected chi connectivity index (χ0v) is 7.06. The van der Waals surface area contributed by atoms with Crippen LogP contribution < -0.4 is 0 Å². The van der Waals surface area contributed by atoms with E-state index >= 15 is 0 Å². The van der Waals surface area contributed by atoms with Crippen molar-refractivity contribution in [2.24, 2.45) is 0 Å². The predicted molar refractivity (Wildman–Crippen MR) is 42.1 cm³/mol. The van der Waals surface area contributed by atoms with Gasteiger partial charge in [0, 0.05) is 5.33 Å². The first kappa shape index (κ1) is 17.4. The Morgan fingerprint density at radius 3 is 1.80 bits per heavy atom. The molecule has 0 amide bonds. The first-order chi connectivity index (χ1) is 3.48. The van der Waals surface area contributed by atoms with E-state index in [9.17, 15) is 13.2 Å². The molecule has 58 valence electrons. The third kappa shape index (κ3) is 7.47. The van der Waals surface area contributed by atoms with Gasteiger partial charge in [0.2, 0.25) is 0 Å². The van der Waals surface area contributed by atoms with Gasteiger partial charge in [-0.3, -0.25) is 0 Å². The molecule has 1 nitrogen and oxygen atoms in total. The van der Waals surface area contributed by atoms with Gasteiger partial charge < -0.3 is 9.39 Å². The minimum absolute atomic E-state index is 0. The monoisotopic (exact) mass is 230 g/mol. The molecule has 7 heteroatoms. The van der Waals surface area contributed by atoms with E-state index in [1.165, 1.54) is 0 Å². The van der Waals surface area contributed by atoms with Crippen LogP contribution in [0.3, 0.4) is 0 Å². The molecule has 10 heavy (non-hydrogen) atoms. The van der Waals surface area contributed by atoms with Crippen molar-refractivity contribution in [3.8, 4) is 0 Å². The van der Waals surface area contributed by atoms with Crippen LogP contribution in [0.1, 0.15) is 4.28 Å². The molecule has 0 aliphatic heterocycles. The van der Waals surface area contributed by atoms with Crippen LogP contribution in [-0.4, -0.2) is 58.9 Å². The van der Waals surface area contributed by atoms with Crippen molar-refractivity contribution >= 4 is 52.2 Å². The number of aliphatic hydroxyl groups excluding tert-OH is 1. The van der Waals surface area contributed by atoms with Crippen molar-refractivity contribution < 1.29 is 22.6 Å². The topological polar surface area (TPSA) is 20.2 Å². The predicted octanol–water partition coefficient (Wildman–Crippen LogP) is 0.613. The average molecular weight is 231 g/mol. The van der Waals surface area contributed by atoms with E-state index in [1.807, 2.05) is 0 Å². The summed E-state index contributed by atoms with van der Waals surface area (Å²) in [6.07, 6.45) is -6.72. The molecule has 0 aromatic rings. The Morgan fingerprint density at radius 2 is 1.80 bits per heavy atom. The van der Waals surface area contributed by atoms with Crippen LogP contribution in [0.4, 0.5) is 13.2 Å². The Morgan fingerprint density at radius 1 is 1.50 bits per heavy atom. The third-order valence-electron chi connectivity index (χ3n) is 0.524. The molecule has 1 unspecified atom stereocenters. The second-order valence-corrected chi connectivity index (χ2v) is 1.86. The molecule has 0 saturated heterocycles. The van der Waals surface area contributed by atoms with Crippen molar-refractivity contribution in [3.63, 3.8) is 0 Å². The number of alkyl halides is 4. The van der Waals surface area contributed by atoms with Gasteiger partial charge in [-0.1, -0.05) is 15.9 Å². The molecular formula is C3H8AlBrF3LiO. The Hall–Kier alpha value is 1.36. The van der Waals surface area contributed by atoms with Crippen LogP contribution in [0.5, 0.6) is 0 Å². The molecule has 0 bridgehead atoms. The summed E-state index contributed by atoms with van der Waals surface area (Å²) in [5.74, 6) is 0. The maximum atomic E-state index is 11.2. The summed E-state index contributed by atoms with van der Waals surface area (Å²) >= 11 is 2.48. The summed E-state index contributed by atoms with van der Waals surface area (Å²) in [7, 11) is 0. The van der Waals surface area contributed by atoms with Crippen molar-refractivity contribution in [2.75, 3.05) is 5.33 Å². The molecule has 1 atom stereocenters. The second-order valence-electron chi connectivity index (χ2n) is 1.21. The summed E-state index contributed by atoms with van der Waals surface area (Å²) in [6, 6.07) is 0. The summed E-state index contributed by atoms with van der Waals surface area (Å²) in [5.41, 5.74) is 0. The van der Waals surface area contributed by atoms with Crippen molar-refractivity contribution in [1.29, 1.82) is 0 Å². The maximum absolute atomic E-state index is 11.2. The van der Waals surface area contributed by atoms with Gasteiger partial charge in [-0.2, -0.15) is 13.2 Å². The van der Waals surface area contributed by atoms with E-state index in [-0.39, 0.29) is 40.5 Å². The van der Waals surface area contributed by atoms with Crippen molar-refractivity contribution in [3.05, 3.63) is 0 Å². The van der Waals surface area contributed by atoms with E-state index in [2.05, 4.69) is 15.9 Å². The number of halogens is 4. The van der Waals surface area contributed by atoms with Gasteiger partial charge in [0.25, 0.3) is 0 Å². The van der Waals surface area contributed by atoms with Gasteiger partial charge in [-0.05, 0) is 0 Å². The standard InChI is InChI=1S/C3H4BrF3O.Al.Li.4H/c4-1-2(8)3(5,6)7;;;;;;/h2,8H,1H2;;;;;;/q;+3;;;3*-1. The van der Waals surface area contributed by atoms with Gasteiger partial charge in [-0.15, -0.1) is 0 Å². The molecule has 0 heterocycles. The zero-order chi connectivity index (χ0) is 6.78. The van der Waals surface area contributed by atoms with Crippen LogP contribution in [0.25, 0.3) is 0 Å². The quantitative estimate of drug-likeness (QED) is 0.517. The van der Waals surface area contributed by atoms with Gasteiger partial charge in [0.15, 0.2) is 6.10 Å². The normalized spacial score (nSPS) is 12.9. The van der Waals surface area contributed by atoms with Crippen LogP contribution in [0.15, 0.2) is 0 Å². The fourth-order valence-corrected chi connectivity index (χ4v) is 0.455. The summed E-state index contributed by atoms with van der Waals surface area (Å²) in [6.45, 7) is 0. The van der Waals surface area contributed by atoms with Gasteiger partial charge in [0.1, 0.15) is 0 Å². The molecule has 0 aliphatic rings. The van der Waals surface area contributed by atoms with Gasteiger partial charge in [0.05, 0.1) is 0 Å². The molecule has 0 aromatic carbocycles. The molecule has 0 spiro atoms. The van der Waals surface area contributed by atoms with E-state index in [0.29, 0.717) is 0 Å². The molecule has 0 fully saturated rings. The van der Waals surface area contributed by atoms with Gasteiger partial charge in [-0.25, -0.2) is 0 Å². The molecule has 1 N–H and O–H groups in total. The Kier molecular flexibility index (Phi) is 12.3. The molecule has 0 rings (SSSR count). The zero-order valence-electron chi connectivity index (χ0n) is 7.32. The Balaban J connectivity index is -0.0000000245. The number of aliphatic hydroxyl groups is 1. The number of hydrogen-bond acceptors (Lipinski definition) is 1. The SMILES string of the molecule is OC(CBr)C(F)(F)F.[Al+3].[H-].[H-].[H-].[LiH]. The molecule has 0 radical (unpaired) electrons. The third-order valence-corrected chi connectivity index (χ3v) is 1.14. The van der Waals surface area contributed by atoms with Crippen molar-refractivity contribution in [1.82, 2.24) is 0 Å². The summed E-state index contributed by atoms with van der Waals surface area (Å²) in [5, 5.41) is 7.56. The summed E-state index contributed by atoms with van der Waals surface area (Å²) < 4.78 is 33.5. The fourth-order valence-electron chi connectivity index (χ4n) is 0.0875. The first-order valence-electron chi connectivity index (χ1n) is 1.79. The van der Waals surface area contributed by atoms with Crippen LogP contribution >= 0.6 is 15.9 Å². The van der Waals surface area contributed by atoms with Crippen LogP contribution in [0, 0.1) is 0 Å². The molecule has 0 saturated carbocycles. The molecule has 0 aromatic heterocycles. The molecule has 0 aliphatic carbocycles. The van der Waals surface area contributed by atoms with Gasteiger partial charge >= 0.3 is 42.4 Å². The van der Waals surface area contributed by atoms with Crippen LogP contribution in [-0.2, 0) is 0 Å². The average Bonchev–Trinajstić information content (AvgIpc) is 1.62. The van der Waals surface area contributed by atoms with E-state index < -0.39 is 17.6 Å². The van der Waals surface area contributed by atoms with Crippen molar-refractivity contribution in [2.45, 2.75) is 12.3 Å². The number of hydrogen-bond donors (Lipinski definition) is 1.